The van der Waals surface area contributed by atoms with E-state index in [-0.39, 0.29) is 16.2 Å². The summed E-state index contributed by atoms with van der Waals surface area (Å²) in [6.07, 6.45) is 8.89. The zero-order valence-electron chi connectivity index (χ0n) is 15.2. The molecule has 0 saturated heterocycles. The molecule has 1 N–H and O–H groups in total. The number of carbonyl (C=O) groups is 2. The van der Waals surface area contributed by atoms with Crippen LogP contribution in [0.4, 0.5) is 5.69 Å². The van der Waals surface area contributed by atoms with Crippen LogP contribution in [0.3, 0.4) is 0 Å². The lowest BCUT2D eigenvalue weighted by Gasteiger charge is -2.22. The molecule has 0 aliphatic heterocycles. The van der Waals surface area contributed by atoms with Crippen molar-refractivity contribution >= 4 is 27.7 Å². The number of aldehydes is 1. The molecule has 0 spiro atoms. The zero-order valence-corrected chi connectivity index (χ0v) is 16.0. The average molecular weight is 389 g/mol. The Balaban J connectivity index is 1.83. The van der Waals surface area contributed by atoms with E-state index in [0.29, 0.717) is 24.4 Å². The first-order valence-electron chi connectivity index (χ1n) is 9.01. The molecule has 7 nitrogen and oxygen atoms in total. The van der Waals surface area contributed by atoms with E-state index in [2.05, 4.69) is 10.4 Å². The summed E-state index contributed by atoms with van der Waals surface area (Å²) in [6, 6.07) is 6.03. The number of aromatic nitrogens is 2. The summed E-state index contributed by atoms with van der Waals surface area (Å²) in [4.78, 5) is 24.3. The van der Waals surface area contributed by atoms with E-state index in [4.69, 9.17) is 0 Å². The van der Waals surface area contributed by atoms with E-state index in [1.807, 2.05) is 0 Å². The fraction of sp³-hybridized carbons (Fsp3) is 0.421. The Bertz CT molecular complexity index is 944. The molecule has 144 valence electrons. The van der Waals surface area contributed by atoms with Gasteiger partial charge in [-0.1, -0.05) is 25.3 Å². The molecule has 1 aromatic heterocycles. The highest BCUT2D eigenvalue weighted by Gasteiger charge is 2.22. The Kier molecular flexibility index (Phi) is 5.74. The third-order valence-electron chi connectivity index (χ3n) is 4.89. The molecule has 1 amide bonds. The summed E-state index contributed by atoms with van der Waals surface area (Å²) < 4.78 is 25.0. The maximum absolute atomic E-state index is 12.8. The van der Waals surface area contributed by atoms with Crippen molar-refractivity contribution in [2.45, 2.75) is 43.5 Å². The average Bonchev–Trinajstić information content (AvgIpc) is 3.05. The maximum atomic E-state index is 12.8. The van der Waals surface area contributed by atoms with Gasteiger partial charge in [-0.3, -0.25) is 14.3 Å². The Morgan fingerprint density at radius 1 is 1.30 bits per heavy atom. The molecule has 1 aliphatic rings. The number of amides is 1. The molecular formula is C19H23N3O4S. The molecule has 1 aliphatic carbocycles. The van der Waals surface area contributed by atoms with Crippen LogP contribution >= 0.6 is 0 Å². The van der Waals surface area contributed by atoms with Gasteiger partial charge < -0.3 is 5.32 Å². The summed E-state index contributed by atoms with van der Waals surface area (Å²) in [5.74, 6) is -0.0330. The van der Waals surface area contributed by atoms with E-state index in [9.17, 15) is 18.0 Å². The number of carbonyl (C=O) groups excluding carboxylic acids is 2. The summed E-state index contributed by atoms with van der Waals surface area (Å²) in [5.41, 5.74) is 0.785. The molecule has 8 heteroatoms. The molecule has 1 aromatic carbocycles. The van der Waals surface area contributed by atoms with E-state index < -0.39 is 15.7 Å². The summed E-state index contributed by atoms with van der Waals surface area (Å²) in [7, 11) is -3.38. The number of anilines is 1. The molecule has 0 atom stereocenters. The monoisotopic (exact) mass is 389 g/mol. The van der Waals surface area contributed by atoms with Crippen LogP contribution in [0, 0.1) is 5.92 Å². The van der Waals surface area contributed by atoms with E-state index in [1.54, 1.807) is 16.8 Å². The number of hydrogen-bond donors (Lipinski definition) is 1. The largest absolute Gasteiger partial charge is 0.321 e. The van der Waals surface area contributed by atoms with Gasteiger partial charge in [0.2, 0.25) is 0 Å². The quantitative estimate of drug-likeness (QED) is 0.766. The van der Waals surface area contributed by atoms with Crippen molar-refractivity contribution in [2.75, 3.05) is 11.6 Å². The summed E-state index contributed by atoms with van der Waals surface area (Å²) >= 11 is 0. The van der Waals surface area contributed by atoms with Gasteiger partial charge in [-0.15, -0.1) is 0 Å². The minimum Gasteiger partial charge on any atom is -0.321 e. The Labute approximate surface area is 158 Å². The van der Waals surface area contributed by atoms with Crippen molar-refractivity contribution in [3.63, 3.8) is 0 Å². The second-order valence-electron chi connectivity index (χ2n) is 7.01. The smallest absolute Gasteiger partial charge is 0.274 e. The molecule has 27 heavy (non-hydrogen) atoms. The van der Waals surface area contributed by atoms with Gasteiger partial charge in [0.15, 0.2) is 16.1 Å². The van der Waals surface area contributed by atoms with Gasteiger partial charge in [-0.25, -0.2) is 8.42 Å². The van der Waals surface area contributed by atoms with Crippen LogP contribution in [-0.2, 0) is 16.4 Å². The third kappa shape index (κ3) is 4.63. The van der Waals surface area contributed by atoms with E-state index in [1.165, 1.54) is 37.6 Å². The van der Waals surface area contributed by atoms with Gasteiger partial charge in [0.25, 0.3) is 5.91 Å². The zero-order chi connectivity index (χ0) is 19.4. The fourth-order valence-corrected chi connectivity index (χ4v) is 4.15. The van der Waals surface area contributed by atoms with Gasteiger partial charge in [0.1, 0.15) is 5.69 Å². The van der Waals surface area contributed by atoms with Crippen molar-refractivity contribution in [1.82, 2.24) is 9.78 Å². The van der Waals surface area contributed by atoms with Crippen LogP contribution in [0.1, 0.15) is 53.0 Å². The first kappa shape index (κ1) is 19.3. The minimum absolute atomic E-state index is 0.117. The molecular weight excluding hydrogens is 366 g/mol. The minimum atomic E-state index is -3.38. The Morgan fingerprint density at radius 3 is 2.70 bits per heavy atom. The van der Waals surface area contributed by atoms with Crippen molar-refractivity contribution in [3.05, 3.63) is 41.7 Å². The van der Waals surface area contributed by atoms with Crippen molar-refractivity contribution in [2.24, 2.45) is 5.92 Å². The number of benzene rings is 1. The molecule has 1 heterocycles. The molecule has 0 bridgehead atoms. The van der Waals surface area contributed by atoms with Crippen molar-refractivity contribution < 1.29 is 18.0 Å². The highest BCUT2D eigenvalue weighted by molar-refractivity contribution is 7.90. The van der Waals surface area contributed by atoms with Gasteiger partial charge >= 0.3 is 0 Å². The molecule has 3 rings (SSSR count). The topological polar surface area (TPSA) is 98.1 Å². The second-order valence-corrected chi connectivity index (χ2v) is 9.02. The highest BCUT2D eigenvalue weighted by Crippen LogP contribution is 2.26. The Morgan fingerprint density at radius 2 is 2.04 bits per heavy atom. The van der Waals surface area contributed by atoms with Crippen LogP contribution in [0.5, 0.6) is 0 Å². The van der Waals surface area contributed by atoms with Crippen molar-refractivity contribution in [3.8, 4) is 0 Å². The van der Waals surface area contributed by atoms with Crippen LogP contribution in [0.15, 0.2) is 35.4 Å². The predicted molar refractivity (Wildman–Crippen MR) is 102 cm³/mol. The summed E-state index contributed by atoms with van der Waals surface area (Å²) in [5, 5.41) is 6.92. The first-order valence-corrected chi connectivity index (χ1v) is 10.9. The number of hydrogen-bond acceptors (Lipinski definition) is 5. The maximum Gasteiger partial charge on any atom is 0.274 e. The molecule has 0 unspecified atom stereocenters. The molecule has 1 fully saturated rings. The lowest BCUT2D eigenvalue weighted by atomic mass is 9.89. The number of rotatable bonds is 6. The van der Waals surface area contributed by atoms with Gasteiger partial charge in [-0.2, -0.15) is 5.10 Å². The predicted octanol–water partition coefficient (Wildman–Crippen LogP) is 2.93. The third-order valence-corrected chi connectivity index (χ3v) is 6.00. The fourth-order valence-electron chi connectivity index (χ4n) is 3.48. The normalized spacial score (nSPS) is 15.4. The molecule has 1 saturated carbocycles. The SMILES string of the molecule is CS(=O)(=O)c1cccc(NC(=O)c2c(C=O)cnn2CC2CCCCC2)c1. The van der Waals surface area contributed by atoms with Crippen LogP contribution < -0.4 is 5.32 Å². The highest BCUT2D eigenvalue weighted by atomic mass is 32.2. The van der Waals surface area contributed by atoms with Crippen LogP contribution in [-0.4, -0.2) is 36.6 Å². The molecule has 2 aromatic rings. The van der Waals surface area contributed by atoms with Gasteiger partial charge in [0.05, 0.1) is 16.7 Å². The van der Waals surface area contributed by atoms with Gasteiger partial charge in [0, 0.05) is 18.5 Å². The lowest BCUT2D eigenvalue weighted by Crippen LogP contribution is -2.23. The van der Waals surface area contributed by atoms with E-state index >= 15 is 0 Å². The number of nitrogens with one attached hydrogen (secondary N) is 1. The van der Waals surface area contributed by atoms with E-state index in [0.717, 1.165) is 19.1 Å². The lowest BCUT2D eigenvalue weighted by molar-refractivity contribution is 0.100. The second kappa shape index (κ2) is 8.04. The van der Waals surface area contributed by atoms with Crippen molar-refractivity contribution in [1.29, 1.82) is 0 Å². The Hall–Kier alpha value is -2.48. The molecule has 0 radical (unpaired) electrons. The number of sulfone groups is 1. The van der Waals surface area contributed by atoms with Crippen LogP contribution in [0.2, 0.25) is 0 Å². The van der Waals surface area contributed by atoms with Gasteiger partial charge in [-0.05, 0) is 37.0 Å². The summed E-state index contributed by atoms with van der Waals surface area (Å²) in [6.45, 7) is 0.597. The number of nitrogens with zero attached hydrogens (tertiary/aromatic N) is 2. The first-order chi connectivity index (χ1) is 12.9. The van der Waals surface area contributed by atoms with Crippen LogP contribution in [0.25, 0.3) is 0 Å². The standard InChI is InChI=1S/C19H23N3O4S/c1-27(25,26)17-9-5-8-16(10-17)21-19(24)18-15(13-23)11-20-22(18)12-14-6-3-2-4-7-14/h5,8-11,13-14H,2-4,6-7,12H2,1H3,(H,21,24).